The van der Waals surface area contributed by atoms with Crippen molar-refractivity contribution in [1.82, 2.24) is 4.90 Å². The lowest BCUT2D eigenvalue weighted by Crippen LogP contribution is -2.38. The molecular weight excluding hydrogens is 508 g/mol. The van der Waals surface area contributed by atoms with Crippen LogP contribution < -0.4 is 15.8 Å². The predicted molar refractivity (Wildman–Crippen MR) is 152 cm³/mol. The molecule has 9 nitrogen and oxygen atoms in total. The van der Waals surface area contributed by atoms with Crippen LogP contribution in [0.2, 0.25) is 0 Å². The quantitative estimate of drug-likeness (QED) is 0.180. The molecule has 0 radical (unpaired) electrons. The minimum atomic E-state index is -0.417. The summed E-state index contributed by atoms with van der Waals surface area (Å²) in [6.07, 6.45) is 2.25. The van der Waals surface area contributed by atoms with Crippen LogP contribution >= 0.6 is 0 Å². The fraction of sp³-hybridized carbons (Fsp3) is 0.290. The fourth-order valence-electron chi connectivity index (χ4n) is 4.81. The molecule has 3 aromatic rings. The van der Waals surface area contributed by atoms with Gasteiger partial charge in [0.05, 0.1) is 25.5 Å². The molecule has 1 aliphatic heterocycles. The first-order valence-electron chi connectivity index (χ1n) is 13.2. The average molecular weight is 543 g/mol. The van der Waals surface area contributed by atoms with Crippen molar-refractivity contribution in [2.45, 2.75) is 31.7 Å². The molecular formula is C31H34N4O5. The molecule has 208 valence electrons. The van der Waals surface area contributed by atoms with Crippen molar-refractivity contribution < 1.29 is 23.9 Å². The number of hydrogen-bond acceptors (Lipinski definition) is 6. The number of nitrogens with one attached hydrogen (secondary N) is 2. The van der Waals surface area contributed by atoms with Gasteiger partial charge in [0, 0.05) is 23.4 Å². The summed E-state index contributed by atoms with van der Waals surface area (Å²) in [5, 5.41) is 10.3. The minimum absolute atomic E-state index is 0.0403. The molecule has 4 N–H and O–H groups in total. The Morgan fingerprint density at radius 3 is 2.33 bits per heavy atom. The Hall–Kier alpha value is -4.66. The number of esters is 1. The summed E-state index contributed by atoms with van der Waals surface area (Å²) >= 11 is 0. The van der Waals surface area contributed by atoms with E-state index in [-0.39, 0.29) is 30.1 Å². The van der Waals surface area contributed by atoms with Crippen LogP contribution in [0, 0.1) is 11.3 Å². The highest BCUT2D eigenvalue weighted by Gasteiger charge is 2.40. The van der Waals surface area contributed by atoms with E-state index in [9.17, 15) is 14.4 Å². The highest BCUT2D eigenvalue weighted by Crippen LogP contribution is 2.29. The lowest BCUT2D eigenvalue weighted by atomic mass is 10.0. The van der Waals surface area contributed by atoms with Gasteiger partial charge in [-0.05, 0) is 61.2 Å². The molecule has 0 bridgehead atoms. The number of hydrogen-bond donors (Lipinski definition) is 3. The third kappa shape index (κ3) is 7.47. The first kappa shape index (κ1) is 28.4. The largest absolute Gasteiger partial charge is 0.491 e. The Kier molecular flexibility index (Phi) is 9.51. The summed E-state index contributed by atoms with van der Waals surface area (Å²) in [6.45, 7) is 0.876. The molecule has 1 heterocycles. The number of aryl methyl sites for hydroxylation is 1. The van der Waals surface area contributed by atoms with Gasteiger partial charge in [0.2, 0.25) is 5.91 Å². The van der Waals surface area contributed by atoms with Gasteiger partial charge >= 0.3 is 5.97 Å². The maximum Gasteiger partial charge on any atom is 0.306 e. The molecule has 4 rings (SSSR count). The van der Waals surface area contributed by atoms with Crippen LogP contribution in [0.4, 0.5) is 5.69 Å². The molecule has 0 aromatic heterocycles. The molecule has 40 heavy (non-hydrogen) atoms. The van der Waals surface area contributed by atoms with E-state index < -0.39 is 11.9 Å². The van der Waals surface area contributed by atoms with Gasteiger partial charge < -0.3 is 25.4 Å². The zero-order valence-corrected chi connectivity index (χ0v) is 22.5. The predicted octanol–water partition coefficient (Wildman–Crippen LogP) is 4.01. The Morgan fingerprint density at radius 2 is 1.68 bits per heavy atom. The van der Waals surface area contributed by atoms with Crippen molar-refractivity contribution in [1.29, 1.82) is 5.41 Å². The van der Waals surface area contributed by atoms with Gasteiger partial charge in [0.15, 0.2) is 0 Å². The lowest BCUT2D eigenvalue weighted by Gasteiger charge is -2.25. The second-order valence-corrected chi connectivity index (χ2v) is 9.77. The van der Waals surface area contributed by atoms with Crippen molar-refractivity contribution in [2.75, 3.05) is 25.6 Å². The van der Waals surface area contributed by atoms with Crippen LogP contribution in [-0.2, 0) is 20.7 Å². The van der Waals surface area contributed by atoms with Crippen molar-refractivity contribution in [3.05, 3.63) is 95.6 Å². The van der Waals surface area contributed by atoms with E-state index in [0.29, 0.717) is 42.1 Å². The summed E-state index contributed by atoms with van der Waals surface area (Å²) in [6, 6.07) is 23.5. The number of nitrogens with two attached hydrogens (primary N) is 1. The number of amides is 2. The summed E-state index contributed by atoms with van der Waals surface area (Å²) < 4.78 is 10.8. The van der Waals surface area contributed by atoms with E-state index >= 15 is 0 Å². The van der Waals surface area contributed by atoms with E-state index in [4.69, 9.17) is 20.6 Å². The molecule has 9 heteroatoms. The van der Waals surface area contributed by atoms with Crippen LogP contribution in [0.15, 0.2) is 78.9 Å². The van der Waals surface area contributed by atoms with E-state index in [2.05, 4.69) is 17.4 Å². The molecule has 2 atom stereocenters. The van der Waals surface area contributed by atoms with Crippen molar-refractivity contribution in [3.8, 4) is 5.75 Å². The van der Waals surface area contributed by atoms with Crippen LogP contribution in [0.5, 0.6) is 5.75 Å². The monoisotopic (exact) mass is 542 g/mol. The molecule has 2 amide bonds. The maximum absolute atomic E-state index is 13.1. The first-order chi connectivity index (χ1) is 19.3. The van der Waals surface area contributed by atoms with Crippen molar-refractivity contribution >= 4 is 29.3 Å². The molecule has 0 unspecified atom stereocenters. The molecule has 1 saturated heterocycles. The second kappa shape index (κ2) is 13.4. The number of benzene rings is 3. The van der Waals surface area contributed by atoms with Crippen molar-refractivity contribution in [3.63, 3.8) is 0 Å². The SMILES string of the molecule is COC(=O)C[C@@H]1C[C@@H](COc2ccc(NC(=O)c3ccc(C(=N)N)cc3)cc2)N(CCCc2ccccc2)C1=O. The number of carbonyl (C=O) groups is 3. The minimum Gasteiger partial charge on any atom is -0.491 e. The molecule has 3 aromatic carbocycles. The molecule has 0 aliphatic carbocycles. The third-order valence-corrected chi connectivity index (χ3v) is 6.99. The smallest absolute Gasteiger partial charge is 0.306 e. The van der Waals surface area contributed by atoms with Crippen LogP contribution in [0.1, 0.15) is 40.7 Å². The van der Waals surface area contributed by atoms with Gasteiger partial charge in [-0.3, -0.25) is 19.8 Å². The van der Waals surface area contributed by atoms with Gasteiger partial charge in [0.25, 0.3) is 5.91 Å². The number of rotatable bonds is 12. The zero-order valence-electron chi connectivity index (χ0n) is 22.5. The van der Waals surface area contributed by atoms with Gasteiger partial charge in [-0.25, -0.2) is 0 Å². The average Bonchev–Trinajstić information content (AvgIpc) is 3.26. The van der Waals surface area contributed by atoms with E-state index in [1.54, 1.807) is 48.5 Å². The van der Waals surface area contributed by atoms with E-state index in [1.165, 1.54) is 12.7 Å². The lowest BCUT2D eigenvalue weighted by molar-refractivity contribution is -0.144. The zero-order chi connectivity index (χ0) is 28.5. The molecule has 0 spiro atoms. The normalized spacial score (nSPS) is 16.4. The highest BCUT2D eigenvalue weighted by molar-refractivity contribution is 6.05. The Balaban J connectivity index is 1.33. The summed E-state index contributed by atoms with van der Waals surface area (Å²) in [5.41, 5.74) is 8.28. The number of nitrogens with zero attached hydrogens (tertiary/aromatic N) is 1. The van der Waals surface area contributed by atoms with E-state index in [1.807, 2.05) is 23.1 Å². The Bertz CT molecular complexity index is 1330. The standard InChI is InChI=1S/C31H34N4O5/c1-39-28(36)19-24-18-26(35(31(24)38)17-5-8-21-6-3-2-4-7-21)20-40-27-15-13-25(14-16-27)34-30(37)23-11-9-22(10-12-23)29(32)33/h2-4,6-7,9-16,24,26H,5,8,17-20H2,1H3,(H3,32,33)(H,34,37)/t24-,26-/m0/s1. The number of methoxy groups -OCH3 is 1. The number of carbonyl (C=O) groups excluding carboxylic acids is 3. The van der Waals surface area contributed by atoms with Crippen LogP contribution in [0.3, 0.4) is 0 Å². The van der Waals surface area contributed by atoms with E-state index in [0.717, 1.165) is 12.8 Å². The molecule has 1 aliphatic rings. The Morgan fingerprint density at radius 1 is 1.00 bits per heavy atom. The van der Waals surface area contributed by atoms with Gasteiger partial charge in [-0.2, -0.15) is 0 Å². The number of ether oxygens (including phenoxy) is 2. The maximum atomic E-state index is 13.1. The Labute approximate surface area is 233 Å². The summed E-state index contributed by atoms with van der Waals surface area (Å²) in [5.74, 6) is -0.579. The number of nitrogen functional groups attached to an aromatic ring is 1. The number of anilines is 1. The van der Waals surface area contributed by atoms with Crippen LogP contribution in [0.25, 0.3) is 0 Å². The first-order valence-corrected chi connectivity index (χ1v) is 13.2. The fourth-order valence-corrected chi connectivity index (χ4v) is 4.81. The number of amidine groups is 1. The molecule has 0 saturated carbocycles. The van der Waals surface area contributed by atoms with Crippen molar-refractivity contribution in [2.24, 2.45) is 11.7 Å². The van der Waals surface area contributed by atoms with Gasteiger partial charge in [-0.15, -0.1) is 0 Å². The highest BCUT2D eigenvalue weighted by atomic mass is 16.5. The second-order valence-electron chi connectivity index (χ2n) is 9.77. The number of likely N-dealkylation sites (tertiary alicyclic amines) is 1. The topological polar surface area (TPSA) is 135 Å². The summed E-state index contributed by atoms with van der Waals surface area (Å²) in [4.78, 5) is 39.4. The molecule has 1 fully saturated rings. The van der Waals surface area contributed by atoms with Crippen LogP contribution in [-0.4, -0.2) is 54.8 Å². The van der Waals surface area contributed by atoms with Gasteiger partial charge in [-0.1, -0.05) is 42.5 Å². The third-order valence-electron chi connectivity index (χ3n) is 6.99. The van der Waals surface area contributed by atoms with Gasteiger partial charge in [0.1, 0.15) is 18.2 Å². The summed E-state index contributed by atoms with van der Waals surface area (Å²) in [7, 11) is 1.33.